The smallest absolute Gasteiger partial charge is 0.212 e. The number of H-pyrrole nitrogens is 1. The van der Waals surface area contributed by atoms with E-state index in [0.29, 0.717) is 23.7 Å². The maximum absolute atomic E-state index is 11.6. The van der Waals surface area contributed by atoms with E-state index in [9.17, 15) is 4.79 Å². The minimum atomic E-state index is 0.428. The van der Waals surface area contributed by atoms with Gasteiger partial charge in [0, 0.05) is 22.1 Å². The predicted octanol–water partition coefficient (Wildman–Crippen LogP) is 5.14. The van der Waals surface area contributed by atoms with Crippen LogP contribution in [0, 0.1) is 0 Å². The molecule has 2 aromatic carbocycles. The first-order chi connectivity index (χ1) is 14.3. The molecule has 1 N–H and O–H groups in total. The summed E-state index contributed by atoms with van der Waals surface area (Å²) in [5, 5.41) is 7.91. The van der Waals surface area contributed by atoms with Crippen molar-refractivity contribution in [3.63, 3.8) is 0 Å². The molecule has 29 heavy (non-hydrogen) atoms. The molecule has 0 unspecified atom stereocenters. The molecule has 4 aromatic rings. The molecule has 4 rings (SSSR count). The molecule has 5 heteroatoms. The molecule has 144 valence electrons. The highest BCUT2D eigenvalue weighted by atomic mass is 16.5. The minimum Gasteiger partial charge on any atom is -0.473 e. The number of aldehydes is 1. The number of hydrogen-bond acceptors (Lipinski definition) is 4. The molecule has 0 aliphatic carbocycles. The van der Waals surface area contributed by atoms with E-state index < -0.39 is 0 Å². The first kappa shape index (κ1) is 18.6. The fraction of sp³-hybridized carbons (Fsp3) is 0.125. The molecule has 5 nitrogen and oxygen atoms in total. The van der Waals surface area contributed by atoms with Crippen LogP contribution >= 0.6 is 0 Å². The summed E-state index contributed by atoms with van der Waals surface area (Å²) in [6.07, 6.45) is 7.49. The molecule has 0 saturated carbocycles. The van der Waals surface area contributed by atoms with Crippen LogP contribution in [-0.4, -0.2) is 21.5 Å². The van der Waals surface area contributed by atoms with Crippen molar-refractivity contribution in [2.24, 2.45) is 0 Å². The van der Waals surface area contributed by atoms with Crippen LogP contribution in [-0.2, 0) is 13.0 Å². The van der Waals surface area contributed by atoms with Crippen LogP contribution < -0.4 is 4.74 Å². The Hall–Kier alpha value is -3.73. The lowest BCUT2D eigenvalue weighted by atomic mass is 10.0. The molecule has 0 bridgehead atoms. The van der Waals surface area contributed by atoms with E-state index >= 15 is 0 Å². The maximum Gasteiger partial charge on any atom is 0.212 e. The van der Waals surface area contributed by atoms with Gasteiger partial charge in [-0.1, -0.05) is 54.6 Å². The van der Waals surface area contributed by atoms with Gasteiger partial charge in [0.05, 0.1) is 17.4 Å². The SMILES string of the molecule is C/C=C\Cc1cn[nH]c1OCc1ccc(-c2nc3ccccc3cc2C=O)cc1. The summed E-state index contributed by atoms with van der Waals surface area (Å²) in [7, 11) is 0. The van der Waals surface area contributed by atoms with Gasteiger partial charge in [-0.3, -0.25) is 4.79 Å². The molecule has 0 radical (unpaired) electrons. The number of nitrogens with one attached hydrogen (secondary N) is 1. The molecular weight excluding hydrogens is 362 g/mol. The van der Waals surface area contributed by atoms with Crippen LogP contribution in [0.4, 0.5) is 0 Å². The summed E-state index contributed by atoms with van der Waals surface area (Å²) >= 11 is 0. The van der Waals surface area contributed by atoms with E-state index in [1.54, 1.807) is 6.20 Å². The van der Waals surface area contributed by atoms with E-state index in [2.05, 4.69) is 16.3 Å². The summed E-state index contributed by atoms with van der Waals surface area (Å²) in [4.78, 5) is 16.3. The van der Waals surface area contributed by atoms with Crippen molar-refractivity contribution in [2.75, 3.05) is 0 Å². The number of hydrogen-bond donors (Lipinski definition) is 1. The summed E-state index contributed by atoms with van der Waals surface area (Å²) < 4.78 is 5.88. The molecule has 0 saturated heterocycles. The zero-order valence-corrected chi connectivity index (χ0v) is 16.1. The zero-order chi connectivity index (χ0) is 20.1. The number of fused-ring (bicyclic) bond motifs is 1. The number of aromatic amines is 1. The maximum atomic E-state index is 11.6. The van der Waals surface area contributed by atoms with Crippen LogP contribution in [0.2, 0.25) is 0 Å². The number of carbonyl (C=O) groups is 1. The average Bonchev–Trinajstić information content (AvgIpc) is 3.23. The largest absolute Gasteiger partial charge is 0.473 e. The third-order valence-electron chi connectivity index (χ3n) is 4.74. The number of ether oxygens (including phenoxy) is 1. The Balaban J connectivity index is 1.53. The van der Waals surface area contributed by atoms with Crippen molar-refractivity contribution in [3.05, 3.63) is 89.6 Å². The summed E-state index contributed by atoms with van der Waals surface area (Å²) in [5.41, 5.74) is 5.09. The van der Waals surface area contributed by atoms with Crippen molar-refractivity contribution in [3.8, 4) is 17.1 Å². The second kappa shape index (κ2) is 8.52. The lowest BCUT2D eigenvalue weighted by molar-refractivity contribution is 0.112. The number of allylic oxidation sites excluding steroid dienone is 2. The quantitative estimate of drug-likeness (QED) is 0.355. The predicted molar refractivity (Wildman–Crippen MR) is 114 cm³/mol. The minimum absolute atomic E-state index is 0.428. The summed E-state index contributed by atoms with van der Waals surface area (Å²) in [6, 6.07) is 17.6. The molecule has 0 aliphatic heterocycles. The topological polar surface area (TPSA) is 67.9 Å². The van der Waals surface area contributed by atoms with E-state index in [-0.39, 0.29) is 0 Å². The Bertz CT molecular complexity index is 1160. The molecule has 0 aliphatic rings. The molecular formula is C24H21N3O2. The standard InChI is InChI=1S/C24H21N3O2/c1-2-3-6-20-14-25-27-24(20)29-16-17-9-11-18(12-10-17)23-21(15-28)13-19-7-4-5-8-22(19)26-23/h2-5,7-15H,6,16H2,1H3,(H,25,27)/b3-2-. The number of nitrogens with zero attached hydrogens (tertiary/aromatic N) is 2. The Morgan fingerprint density at radius 3 is 2.72 bits per heavy atom. The van der Waals surface area contributed by atoms with Crippen LogP contribution in [0.25, 0.3) is 22.2 Å². The summed E-state index contributed by atoms with van der Waals surface area (Å²) in [6.45, 7) is 2.42. The molecule has 0 amide bonds. The van der Waals surface area contributed by atoms with Gasteiger partial charge in [0.25, 0.3) is 0 Å². The van der Waals surface area contributed by atoms with Crippen LogP contribution in [0.3, 0.4) is 0 Å². The fourth-order valence-corrected chi connectivity index (χ4v) is 3.18. The monoisotopic (exact) mass is 383 g/mol. The second-order valence-electron chi connectivity index (χ2n) is 6.72. The molecule has 2 aromatic heterocycles. The van der Waals surface area contributed by atoms with Gasteiger partial charge >= 0.3 is 0 Å². The van der Waals surface area contributed by atoms with Crippen molar-refractivity contribution in [2.45, 2.75) is 20.0 Å². The highest BCUT2D eigenvalue weighted by Crippen LogP contribution is 2.25. The molecule has 0 spiro atoms. The average molecular weight is 383 g/mol. The third kappa shape index (κ3) is 4.09. The van der Waals surface area contributed by atoms with Crippen LogP contribution in [0.15, 0.2) is 72.9 Å². The van der Waals surface area contributed by atoms with Crippen molar-refractivity contribution >= 4 is 17.2 Å². The molecule has 0 atom stereocenters. The highest BCUT2D eigenvalue weighted by molar-refractivity contribution is 5.93. The highest BCUT2D eigenvalue weighted by Gasteiger charge is 2.10. The number of rotatable bonds is 7. The van der Waals surface area contributed by atoms with Gasteiger partial charge in [0.2, 0.25) is 5.88 Å². The number of aromatic nitrogens is 3. The lowest BCUT2D eigenvalue weighted by Gasteiger charge is -2.09. The Morgan fingerprint density at radius 2 is 1.93 bits per heavy atom. The first-order valence-corrected chi connectivity index (χ1v) is 9.49. The van der Waals surface area contributed by atoms with Crippen molar-refractivity contribution < 1.29 is 9.53 Å². The zero-order valence-electron chi connectivity index (χ0n) is 16.1. The molecule has 2 heterocycles. The number of benzene rings is 2. The van der Waals surface area contributed by atoms with Crippen LogP contribution in [0.1, 0.15) is 28.4 Å². The fourth-order valence-electron chi connectivity index (χ4n) is 3.18. The van der Waals surface area contributed by atoms with Crippen LogP contribution in [0.5, 0.6) is 5.88 Å². The second-order valence-corrected chi connectivity index (χ2v) is 6.72. The Labute approximate surface area is 169 Å². The van der Waals surface area contributed by atoms with E-state index in [4.69, 9.17) is 9.72 Å². The number of carbonyl (C=O) groups excluding carboxylic acids is 1. The Morgan fingerprint density at radius 1 is 1.10 bits per heavy atom. The van der Waals surface area contributed by atoms with Gasteiger partial charge in [0.1, 0.15) is 6.61 Å². The lowest BCUT2D eigenvalue weighted by Crippen LogP contribution is -1.98. The van der Waals surface area contributed by atoms with Gasteiger partial charge in [-0.2, -0.15) is 5.10 Å². The van der Waals surface area contributed by atoms with Gasteiger partial charge in [-0.15, -0.1) is 0 Å². The summed E-state index contributed by atoms with van der Waals surface area (Å²) in [5.74, 6) is 0.687. The van der Waals surface area contributed by atoms with E-state index in [0.717, 1.165) is 40.3 Å². The van der Waals surface area contributed by atoms with E-state index in [1.807, 2.05) is 67.6 Å². The first-order valence-electron chi connectivity index (χ1n) is 9.49. The van der Waals surface area contributed by atoms with E-state index in [1.165, 1.54) is 0 Å². The Kier molecular flexibility index (Phi) is 5.47. The normalized spacial score (nSPS) is 11.2. The number of pyridine rings is 1. The van der Waals surface area contributed by atoms with Gasteiger partial charge in [-0.05, 0) is 31.0 Å². The third-order valence-corrected chi connectivity index (χ3v) is 4.74. The molecule has 0 fully saturated rings. The van der Waals surface area contributed by atoms with Gasteiger partial charge in [-0.25, -0.2) is 10.1 Å². The van der Waals surface area contributed by atoms with Crippen molar-refractivity contribution in [1.29, 1.82) is 0 Å². The van der Waals surface area contributed by atoms with Gasteiger partial charge in [0.15, 0.2) is 6.29 Å². The van der Waals surface area contributed by atoms with Crippen molar-refractivity contribution in [1.82, 2.24) is 15.2 Å². The van der Waals surface area contributed by atoms with Gasteiger partial charge < -0.3 is 4.74 Å². The number of para-hydroxylation sites is 1.